The van der Waals surface area contributed by atoms with Crippen molar-refractivity contribution in [1.82, 2.24) is 14.3 Å². The molecular formula is C37H45ClN4O5S. The van der Waals surface area contributed by atoms with E-state index in [1.165, 1.54) is 11.1 Å². The van der Waals surface area contributed by atoms with Crippen molar-refractivity contribution < 1.29 is 23.1 Å². The van der Waals surface area contributed by atoms with Gasteiger partial charge < -0.3 is 19.3 Å². The zero-order chi connectivity index (χ0) is 34.0. The first-order chi connectivity index (χ1) is 22.8. The fourth-order valence-electron chi connectivity index (χ4n) is 8.42. The molecule has 1 aromatic heterocycles. The van der Waals surface area contributed by atoms with Crippen LogP contribution < -0.4 is 14.4 Å². The number of aromatic nitrogens is 2. The molecule has 1 amide bonds. The lowest BCUT2D eigenvalue weighted by Crippen LogP contribution is -2.52. The molecular weight excluding hydrogens is 648 g/mol. The smallest absolute Gasteiger partial charge is 0.264 e. The van der Waals surface area contributed by atoms with Crippen LogP contribution in [0.3, 0.4) is 0 Å². The van der Waals surface area contributed by atoms with Crippen LogP contribution in [0.4, 0.5) is 5.69 Å². The van der Waals surface area contributed by atoms with E-state index in [4.69, 9.17) is 16.3 Å². The van der Waals surface area contributed by atoms with Crippen LogP contribution in [0, 0.1) is 24.7 Å². The number of carbonyl (C=O) groups excluding carboxylic acids is 1. The van der Waals surface area contributed by atoms with Gasteiger partial charge in [0.05, 0.1) is 29.4 Å². The Kier molecular flexibility index (Phi) is 8.44. The molecule has 9 nitrogen and oxygen atoms in total. The van der Waals surface area contributed by atoms with Gasteiger partial charge >= 0.3 is 0 Å². The van der Waals surface area contributed by atoms with Crippen LogP contribution in [0.5, 0.6) is 5.75 Å². The summed E-state index contributed by atoms with van der Waals surface area (Å²) >= 11 is 6.45. The highest BCUT2D eigenvalue weighted by Crippen LogP contribution is 2.51. The molecule has 256 valence electrons. The molecule has 2 aliphatic heterocycles. The number of hydrogen-bond acceptors (Lipinski definition) is 7. The maximum Gasteiger partial charge on any atom is 0.264 e. The monoisotopic (exact) mass is 692 g/mol. The van der Waals surface area contributed by atoms with E-state index >= 15 is 0 Å². The zero-order valence-electron chi connectivity index (χ0n) is 28.1. The Balaban J connectivity index is 1.36. The number of sulfonamides is 1. The quantitative estimate of drug-likeness (QED) is 0.310. The second kappa shape index (κ2) is 12.2. The summed E-state index contributed by atoms with van der Waals surface area (Å²) < 4.78 is 37.8. The number of halogens is 1. The molecule has 0 radical (unpaired) electrons. The Morgan fingerprint density at radius 2 is 1.96 bits per heavy atom. The number of carbonyl (C=O) groups is 1. The summed E-state index contributed by atoms with van der Waals surface area (Å²) in [5, 5.41) is 12.5. The molecule has 3 heterocycles. The van der Waals surface area contributed by atoms with E-state index in [1.54, 1.807) is 31.3 Å². The van der Waals surface area contributed by atoms with Gasteiger partial charge in [0, 0.05) is 42.1 Å². The summed E-state index contributed by atoms with van der Waals surface area (Å²) in [5.74, 6) is 0.535. The number of fused-ring (bicyclic) bond motifs is 4. The van der Waals surface area contributed by atoms with Crippen LogP contribution in [0.2, 0.25) is 5.02 Å². The minimum atomic E-state index is -4.00. The summed E-state index contributed by atoms with van der Waals surface area (Å²) in [6.07, 6.45) is 10.6. The second-order valence-electron chi connectivity index (χ2n) is 14.6. The Morgan fingerprint density at radius 1 is 1.15 bits per heavy atom. The van der Waals surface area contributed by atoms with Crippen LogP contribution in [0.15, 0.2) is 54.7 Å². The van der Waals surface area contributed by atoms with Crippen LogP contribution >= 0.6 is 11.6 Å². The molecule has 6 atom stereocenters. The maximum absolute atomic E-state index is 13.5. The molecule has 48 heavy (non-hydrogen) atoms. The average Bonchev–Trinajstić information content (AvgIpc) is 3.29. The largest absolute Gasteiger partial charge is 0.490 e. The van der Waals surface area contributed by atoms with E-state index in [2.05, 4.69) is 26.7 Å². The molecule has 0 saturated heterocycles. The Morgan fingerprint density at radius 3 is 2.69 bits per heavy atom. The number of aryl methyl sites for hydroxylation is 2. The minimum absolute atomic E-state index is 0.0968. The van der Waals surface area contributed by atoms with Crippen molar-refractivity contribution in [3.63, 3.8) is 0 Å². The van der Waals surface area contributed by atoms with Gasteiger partial charge in [0.2, 0.25) is 10.0 Å². The van der Waals surface area contributed by atoms with Gasteiger partial charge in [-0.05, 0) is 106 Å². The highest BCUT2D eigenvalue weighted by Gasteiger charge is 2.50. The summed E-state index contributed by atoms with van der Waals surface area (Å²) in [6, 6.07) is 11.4. The second-order valence-corrected chi connectivity index (χ2v) is 17.1. The molecule has 2 aromatic carbocycles. The first-order valence-corrected chi connectivity index (χ1v) is 19.0. The molecule has 3 aromatic rings. The molecule has 0 unspecified atom stereocenters. The molecule has 1 fully saturated rings. The maximum atomic E-state index is 13.5. The first-order valence-electron chi connectivity index (χ1n) is 17.1. The van der Waals surface area contributed by atoms with Crippen molar-refractivity contribution in [1.29, 1.82) is 0 Å². The minimum Gasteiger partial charge on any atom is -0.490 e. The van der Waals surface area contributed by atoms with E-state index in [0.717, 1.165) is 54.3 Å². The SMILES string of the molecule is Cc1ncc([C@]2(O)/C=C/C[C@H](C)[C@@H](C)S(=O)(=O)NC(=O)c3ccc4c(c3)N(C[C@@H]3CC[C@H]32)C[C@@]2(CCCc3cc(Cl)ccc32)CO4)n1C. The molecule has 2 aliphatic carbocycles. The third-order valence-electron chi connectivity index (χ3n) is 11.8. The Labute approximate surface area is 288 Å². The third kappa shape index (κ3) is 5.63. The predicted molar refractivity (Wildman–Crippen MR) is 187 cm³/mol. The number of nitrogens with one attached hydrogen (secondary N) is 1. The molecule has 2 bridgehead atoms. The number of ether oxygens (including phenoxy) is 1. The van der Waals surface area contributed by atoms with Crippen LogP contribution in [-0.2, 0) is 34.5 Å². The first kappa shape index (κ1) is 33.2. The summed E-state index contributed by atoms with van der Waals surface area (Å²) in [7, 11) is -2.07. The van der Waals surface area contributed by atoms with Gasteiger partial charge in [0.25, 0.3) is 5.91 Å². The van der Waals surface area contributed by atoms with Crippen molar-refractivity contribution >= 4 is 33.2 Å². The lowest BCUT2D eigenvalue weighted by molar-refractivity contribution is -0.0547. The van der Waals surface area contributed by atoms with Crippen molar-refractivity contribution in [2.75, 3.05) is 24.6 Å². The number of nitrogens with zero attached hydrogens (tertiary/aromatic N) is 3. The number of imidazole rings is 1. The van der Waals surface area contributed by atoms with Gasteiger partial charge in [0.15, 0.2) is 0 Å². The standard InChI is InChI=1S/C37H45ClN4O5S/c1-23-7-5-16-37(44,34-19-39-25(3)41(34)4)31-12-9-28(31)20-42-21-36(15-6-8-26-17-29(38)11-13-30(26)36)22-47-33-14-10-27(18-32(33)42)35(43)40-48(45,46)24(23)2/h5,10-11,13-14,16-19,23-24,28,31,44H,6-9,12,15,20-22H2,1-4H3,(H,40,43)/b16-5+/t23-,24+,28-,31+,36-,37-/m0/s1. The lowest BCUT2D eigenvalue weighted by Gasteiger charge is -2.49. The molecule has 7 rings (SSSR count). The molecule has 4 aliphatic rings. The van der Waals surface area contributed by atoms with Gasteiger partial charge in [-0.2, -0.15) is 0 Å². The Hall–Kier alpha value is -3.34. The highest BCUT2D eigenvalue weighted by atomic mass is 35.5. The van der Waals surface area contributed by atoms with Crippen molar-refractivity contribution in [3.05, 3.63) is 88.0 Å². The van der Waals surface area contributed by atoms with Crippen LogP contribution in [0.25, 0.3) is 0 Å². The van der Waals surface area contributed by atoms with Crippen LogP contribution in [-0.4, -0.2) is 53.9 Å². The molecule has 1 spiro atoms. The van der Waals surface area contributed by atoms with E-state index in [-0.39, 0.29) is 28.7 Å². The number of amides is 1. The average molecular weight is 693 g/mol. The van der Waals surface area contributed by atoms with E-state index in [9.17, 15) is 18.3 Å². The van der Waals surface area contributed by atoms with E-state index in [0.29, 0.717) is 31.9 Å². The highest BCUT2D eigenvalue weighted by molar-refractivity contribution is 7.90. The number of anilines is 1. The van der Waals surface area contributed by atoms with Gasteiger partial charge in [-0.15, -0.1) is 0 Å². The fourth-order valence-corrected chi connectivity index (χ4v) is 9.90. The fraction of sp³-hybridized carbons (Fsp3) is 0.514. The van der Waals surface area contributed by atoms with E-state index < -0.39 is 26.8 Å². The molecule has 1 saturated carbocycles. The molecule has 2 N–H and O–H groups in total. The Bertz CT molecular complexity index is 1890. The van der Waals surface area contributed by atoms with Crippen molar-refractivity contribution in [3.8, 4) is 5.75 Å². The van der Waals surface area contributed by atoms with Gasteiger partial charge in [-0.25, -0.2) is 18.1 Å². The summed E-state index contributed by atoms with van der Waals surface area (Å²) in [6.45, 7) is 7.15. The van der Waals surface area contributed by atoms with Crippen LogP contribution in [0.1, 0.15) is 79.0 Å². The summed E-state index contributed by atoms with van der Waals surface area (Å²) in [5.41, 5.74) is 2.60. The van der Waals surface area contributed by atoms with Gasteiger partial charge in [0.1, 0.15) is 17.2 Å². The molecule has 11 heteroatoms. The number of hydrogen-bond donors (Lipinski definition) is 2. The van der Waals surface area contributed by atoms with E-state index in [1.807, 2.05) is 43.7 Å². The van der Waals surface area contributed by atoms with Gasteiger partial charge in [-0.3, -0.25) is 4.79 Å². The number of benzene rings is 2. The third-order valence-corrected chi connectivity index (χ3v) is 13.9. The predicted octanol–water partition coefficient (Wildman–Crippen LogP) is 5.81. The lowest BCUT2D eigenvalue weighted by atomic mass is 9.63. The number of allylic oxidation sites excluding steroid dienone is 1. The van der Waals surface area contributed by atoms with Gasteiger partial charge in [-0.1, -0.05) is 36.7 Å². The van der Waals surface area contributed by atoms with Crippen molar-refractivity contribution in [2.45, 2.75) is 75.6 Å². The van der Waals surface area contributed by atoms with Crippen molar-refractivity contribution in [2.24, 2.45) is 24.8 Å². The topological polar surface area (TPSA) is 114 Å². The summed E-state index contributed by atoms with van der Waals surface area (Å²) in [4.78, 5) is 20.4. The zero-order valence-corrected chi connectivity index (χ0v) is 29.7. The normalized spacial score (nSPS) is 32.2. The number of aliphatic hydroxyl groups is 1. The number of rotatable bonds is 1.